The maximum absolute atomic E-state index is 9.99. The van der Waals surface area contributed by atoms with Gasteiger partial charge in [0, 0.05) is 11.4 Å². The second kappa shape index (κ2) is 7.01. The van der Waals surface area contributed by atoms with E-state index in [-0.39, 0.29) is 0 Å². The van der Waals surface area contributed by atoms with E-state index in [1.165, 1.54) is 4.88 Å². The van der Waals surface area contributed by atoms with Gasteiger partial charge in [0.1, 0.15) is 0 Å². The average Bonchev–Trinajstić information content (AvgIpc) is 2.70. The Morgan fingerprint density at radius 1 is 1.56 bits per heavy atom. The van der Waals surface area contributed by atoms with Gasteiger partial charge in [-0.2, -0.15) is 0 Å². The zero-order chi connectivity index (χ0) is 11.9. The molecule has 1 rings (SSSR count). The van der Waals surface area contributed by atoms with E-state index in [9.17, 15) is 5.11 Å². The lowest BCUT2D eigenvalue weighted by Gasteiger charge is -2.23. The molecule has 3 nitrogen and oxygen atoms in total. The number of thiophene rings is 1. The lowest BCUT2D eigenvalue weighted by Crippen LogP contribution is -2.42. The van der Waals surface area contributed by atoms with Gasteiger partial charge in [-0.25, -0.2) is 0 Å². The number of hydrogen-bond donors (Lipinski definition) is 2. The maximum atomic E-state index is 9.99. The molecule has 0 saturated heterocycles. The molecule has 1 atom stereocenters. The highest BCUT2D eigenvalue weighted by atomic mass is 32.1. The fraction of sp³-hybridized carbons (Fsp3) is 0.667. The van der Waals surface area contributed by atoms with Crippen molar-refractivity contribution in [3.63, 3.8) is 0 Å². The van der Waals surface area contributed by atoms with Crippen LogP contribution in [0.4, 0.5) is 0 Å². The normalized spacial score (nSPS) is 14.9. The van der Waals surface area contributed by atoms with E-state index in [4.69, 9.17) is 4.74 Å². The van der Waals surface area contributed by atoms with E-state index in [1.807, 2.05) is 17.5 Å². The first-order chi connectivity index (χ1) is 7.64. The van der Waals surface area contributed by atoms with Gasteiger partial charge in [0.2, 0.25) is 0 Å². The Labute approximate surface area is 101 Å². The van der Waals surface area contributed by atoms with Crippen molar-refractivity contribution in [1.82, 2.24) is 5.32 Å². The molecule has 0 saturated carbocycles. The summed E-state index contributed by atoms with van der Waals surface area (Å²) in [5.41, 5.74) is -0.785. The smallest absolute Gasteiger partial charge is 0.0975 e. The van der Waals surface area contributed by atoms with Crippen LogP contribution in [0.25, 0.3) is 0 Å². The largest absolute Gasteiger partial charge is 0.386 e. The summed E-state index contributed by atoms with van der Waals surface area (Å²) in [4.78, 5) is 1.19. The van der Waals surface area contributed by atoms with E-state index >= 15 is 0 Å². The van der Waals surface area contributed by atoms with Crippen molar-refractivity contribution < 1.29 is 9.84 Å². The van der Waals surface area contributed by atoms with Crippen molar-refractivity contribution in [2.24, 2.45) is 0 Å². The molecule has 0 fully saturated rings. The predicted octanol–water partition coefficient (Wildman–Crippen LogP) is 2.02. The number of aliphatic hydroxyl groups is 1. The predicted molar refractivity (Wildman–Crippen MR) is 67.8 cm³/mol. The summed E-state index contributed by atoms with van der Waals surface area (Å²) in [7, 11) is 0. The fourth-order valence-corrected chi connectivity index (χ4v) is 1.99. The molecule has 0 aliphatic carbocycles. The van der Waals surface area contributed by atoms with Crippen molar-refractivity contribution in [1.29, 1.82) is 0 Å². The minimum absolute atomic E-state index is 0.363. The molecular formula is C12H21NO2S. The topological polar surface area (TPSA) is 41.5 Å². The van der Waals surface area contributed by atoms with Gasteiger partial charge < -0.3 is 15.2 Å². The summed E-state index contributed by atoms with van der Waals surface area (Å²) in [6.45, 7) is 6.36. The van der Waals surface area contributed by atoms with E-state index in [0.29, 0.717) is 19.8 Å². The Balaban J connectivity index is 2.14. The first kappa shape index (κ1) is 13.6. The lowest BCUT2D eigenvalue weighted by molar-refractivity contribution is -0.0372. The van der Waals surface area contributed by atoms with Crippen LogP contribution in [-0.4, -0.2) is 30.4 Å². The van der Waals surface area contributed by atoms with Gasteiger partial charge in [-0.1, -0.05) is 13.0 Å². The molecule has 4 heteroatoms. The second-order valence-electron chi connectivity index (χ2n) is 4.25. The number of rotatable bonds is 8. The zero-order valence-electron chi connectivity index (χ0n) is 10.0. The van der Waals surface area contributed by atoms with E-state index in [0.717, 1.165) is 13.0 Å². The molecule has 1 unspecified atom stereocenters. The third-order valence-electron chi connectivity index (χ3n) is 2.17. The highest BCUT2D eigenvalue weighted by molar-refractivity contribution is 7.09. The van der Waals surface area contributed by atoms with Gasteiger partial charge >= 0.3 is 0 Å². The first-order valence-electron chi connectivity index (χ1n) is 5.67. The highest BCUT2D eigenvalue weighted by Gasteiger charge is 2.19. The van der Waals surface area contributed by atoms with Gasteiger partial charge in [-0.15, -0.1) is 11.3 Å². The minimum Gasteiger partial charge on any atom is -0.386 e. The molecule has 92 valence electrons. The molecule has 1 heterocycles. The summed E-state index contributed by atoms with van der Waals surface area (Å²) < 4.78 is 5.49. The van der Waals surface area contributed by atoms with Crippen LogP contribution in [0.3, 0.4) is 0 Å². The molecule has 2 N–H and O–H groups in total. The zero-order valence-corrected chi connectivity index (χ0v) is 10.8. The molecule has 0 bridgehead atoms. The van der Waals surface area contributed by atoms with Crippen LogP contribution in [0.2, 0.25) is 0 Å². The molecule has 16 heavy (non-hydrogen) atoms. The highest BCUT2D eigenvalue weighted by Crippen LogP contribution is 2.11. The maximum Gasteiger partial charge on any atom is 0.0975 e. The number of nitrogens with one attached hydrogen (secondary N) is 1. The Morgan fingerprint density at radius 2 is 2.38 bits per heavy atom. The molecule has 0 amide bonds. The van der Waals surface area contributed by atoms with Crippen LogP contribution in [0, 0.1) is 0 Å². The van der Waals surface area contributed by atoms with Gasteiger partial charge in [0.15, 0.2) is 0 Å². The Kier molecular flexibility index (Phi) is 5.98. The SMILES string of the molecule is CCCNCC(C)(O)COCc1cccs1. The van der Waals surface area contributed by atoms with Crippen LogP contribution in [0.15, 0.2) is 17.5 Å². The second-order valence-corrected chi connectivity index (χ2v) is 5.28. The molecule has 0 spiro atoms. The summed E-state index contributed by atoms with van der Waals surface area (Å²) >= 11 is 1.67. The van der Waals surface area contributed by atoms with Crippen molar-refractivity contribution >= 4 is 11.3 Å². The van der Waals surface area contributed by atoms with E-state index < -0.39 is 5.60 Å². The third-order valence-corrected chi connectivity index (χ3v) is 3.02. The number of hydrogen-bond acceptors (Lipinski definition) is 4. The van der Waals surface area contributed by atoms with Crippen LogP contribution in [0.1, 0.15) is 25.1 Å². The van der Waals surface area contributed by atoms with Gasteiger partial charge in [-0.3, -0.25) is 0 Å². The van der Waals surface area contributed by atoms with Crippen LogP contribution in [-0.2, 0) is 11.3 Å². The standard InChI is InChI=1S/C12H21NO2S/c1-3-6-13-9-12(2,14)10-15-8-11-5-4-7-16-11/h4-5,7,13-14H,3,6,8-10H2,1-2H3. The van der Waals surface area contributed by atoms with E-state index in [2.05, 4.69) is 12.2 Å². The van der Waals surface area contributed by atoms with Gasteiger partial charge in [0.25, 0.3) is 0 Å². The lowest BCUT2D eigenvalue weighted by atomic mass is 10.1. The van der Waals surface area contributed by atoms with Crippen LogP contribution >= 0.6 is 11.3 Å². The monoisotopic (exact) mass is 243 g/mol. The van der Waals surface area contributed by atoms with Crippen LogP contribution in [0.5, 0.6) is 0 Å². The van der Waals surface area contributed by atoms with Crippen LogP contribution < -0.4 is 5.32 Å². The van der Waals surface area contributed by atoms with Gasteiger partial charge in [-0.05, 0) is 31.3 Å². The Morgan fingerprint density at radius 3 is 3.00 bits per heavy atom. The molecule has 0 aliphatic rings. The van der Waals surface area contributed by atoms with Crippen molar-refractivity contribution in [2.45, 2.75) is 32.5 Å². The Bertz CT molecular complexity index is 273. The number of ether oxygens (including phenoxy) is 1. The first-order valence-corrected chi connectivity index (χ1v) is 6.55. The molecule has 0 aromatic carbocycles. The average molecular weight is 243 g/mol. The molecule has 0 aliphatic heterocycles. The van der Waals surface area contributed by atoms with E-state index in [1.54, 1.807) is 18.3 Å². The molecular weight excluding hydrogens is 222 g/mol. The molecule has 0 radical (unpaired) electrons. The molecule has 1 aromatic heterocycles. The summed E-state index contributed by atoms with van der Waals surface area (Å²) in [6, 6.07) is 4.04. The minimum atomic E-state index is -0.785. The summed E-state index contributed by atoms with van der Waals surface area (Å²) in [5, 5.41) is 15.2. The molecule has 1 aromatic rings. The third kappa shape index (κ3) is 5.61. The van der Waals surface area contributed by atoms with Crippen molar-refractivity contribution in [3.8, 4) is 0 Å². The fourth-order valence-electron chi connectivity index (χ4n) is 1.35. The summed E-state index contributed by atoms with van der Waals surface area (Å²) in [6.07, 6.45) is 1.08. The van der Waals surface area contributed by atoms with Crippen molar-refractivity contribution in [2.75, 3.05) is 19.7 Å². The van der Waals surface area contributed by atoms with Gasteiger partial charge in [0.05, 0.1) is 18.8 Å². The summed E-state index contributed by atoms with van der Waals surface area (Å²) in [5.74, 6) is 0. The Hall–Kier alpha value is -0.420. The van der Waals surface area contributed by atoms with Crippen molar-refractivity contribution in [3.05, 3.63) is 22.4 Å². The quantitative estimate of drug-likeness (QED) is 0.686.